The largest absolute Gasteiger partial charge is 0.324 e. The zero-order valence-electron chi connectivity index (χ0n) is 6.94. The van der Waals surface area contributed by atoms with Gasteiger partial charge in [0.05, 0.1) is 0 Å². The second-order valence-corrected chi connectivity index (χ2v) is 3.48. The van der Waals surface area contributed by atoms with Gasteiger partial charge in [0.1, 0.15) is 4.60 Å². The molecule has 0 aliphatic carbocycles. The number of pyridine rings is 1. The van der Waals surface area contributed by atoms with Crippen LogP contribution in [-0.2, 0) is 0 Å². The number of hydrogen-bond donors (Lipinski definition) is 1. The second-order valence-electron chi connectivity index (χ2n) is 2.72. The van der Waals surface area contributed by atoms with Crippen LogP contribution in [0, 0.1) is 12.7 Å². The van der Waals surface area contributed by atoms with Crippen LogP contribution in [0.2, 0.25) is 0 Å². The zero-order valence-corrected chi connectivity index (χ0v) is 8.52. The van der Waals surface area contributed by atoms with Crippen molar-refractivity contribution in [2.45, 2.75) is 19.9 Å². The molecule has 0 spiro atoms. The molecule has 0 unspecified atom stereocenters. The molecule has 0 saturated carbocycles. The summed E-state index contributed by atoms with van der Waals surface area (Å²) < 4.78 is 13.2. The quantitative estimate of drug-likeness (QED) is 0.756. The van der Waals surface area contributed by atoms with Gasteiger partial charge in [-0.05, 0) is 41.4 Å². The monoisotopic (exact) mass is 232 g/mol. The average molecular weight is 233 g/mol. The molecular weight excluding hydrogens is 223 g/mol. The first-order chi connectivity index (χ1) is 5.52. The normalized spacial score (nSPS) is 13.1. The van der Waals surface area contributed by atoms with Crippen LogP contribution in [0.5, 0.6) is 0 Å². The Labute approximate surface area is 79.1 Å². The minimum Gasteiger partial charge on any atom is -0.324 e. The molecule has 0 aliphatic rings. The molecule has 0 fully saturated rings. The third-order valence-corrected chi connectivity index (χ3v) is 2.21. The first kappa shape index (κ1) is 9.61. The minimum atomic E-state index is -0.368. The van der Waals surface area contributed by atoms with E-state index in [2.05, 4.69) is 20.9 Å². The molecule has 1 atom stereocenters. The molecule has 0 amide bonds. The number of halogens is 2. The molecule has 2 nitrogen and oxygen atoms in total. The van der Waals surface area contributed by atoms with E-state index in [4.69, 9.17) is 5.73 Å². The van der Waals surface area contributed by atoms with Crippen LogP contribution in [0.1, 0.15) is 24.2 Å². The Morgan fingerprint density at radius 1 is 1.67 bits per heavy atom. The Morgan fingerprint density at radius 3 is 2.75 bits per heavy atom. The Kier molecular flexibility index (Phi) is 2.80. The fourth-order valence-corrected chi connectivity index (χ4v) is 1.41. The topological polar surface area (TPSA) is 38.9 Å². The Hall–Kier alpha value is -0.480. The highest BCUT2D eigenvalue weighted by atomic mass is 79.9. The van der Waals surface area contributed by atoms with Crippen molar-refractivity contribution in [3.63, 3.8) is 0 Å². The smallest absolute Gasteiger partial charge is 0.156 e. The van der Waals surface area contributed by atoms with Crippen LogP contribution < -0.4 is 5.73 Å². The molecule has 0 saturated heterocycles. The van der Waals surface area contributed by atoms with E-state index < -0.39 is 0 Å². The van der Waals surface area contributed by atoms with E-state index in [-0.39, 0.29) is 16.5 Å². The van der Waals surface area contributed by atoms with Gasteiger partial charge < -0.3 is 5.73 Å². The van der Waals surface area contributed by atoms with Crippen LogP contribution >= 0.6 is 15.9 Å². The predicted molar refractivity (Wildman–Crippen MR) is 49.2 cm³/mol. The third kappa shape index (κ3) is 1.81. The van der Waals surface area contributed by atoms with Gasteiger partial charge in [0.2, 0.25) is 0 Å². The summed E-state index contributed by atoms with van der Waals surface area (Å²) in [5.41, 5.74) is 7.12. The Bertz CT molecular complexity index is 299. The summed E-state index contributed by atoms with van der Waals surface area (Å²) in [7, 11) is 0. The highest BCUT2D eigenvalue weighted by Crippen LogP contribution is 2.19. The predicted octanol–water partition coefficient (Wildman–Crippen LogP) is 2.31. The van der Waals surface area contributed by atoms with Gasteiger partial charge in [-0.25, -0.2) is 9.37 Å². The van der Waals surface area contributed by atoms with Crippen LogP contribution in [0.25, 0.3) is 0 Å². The lowest BCUT2D eigenvalue weighted by molar-refractivity contribution is 0.604. The second kappa shape index (κ2) is 3.49. The number of hydrogen-bond acceptors (Lipinski definition) is 2. The van der Waals surface area contributed by atoms with E-state index >= 15 is 0 Å². The Balaban J connectivity index is 3.23. The number of nitrogens with zero attached hydrogens (tertiary/aromatic N) is 1. The summed E-state index contributed by atoms with van der Waals surface area (Å²) in [6.07, 6.45) is 0. The van der Waals surface area contributed by atoms with Crippen LogP contribution in [-0.4, -0.2) is 4.98 Å². The highest BCUT2D eigenvalue weighted by Gasteiger charge is 2.09. The molecule has 0 radical (unpaired) electrons. The van der Waals surface area contributed by atoms with Gasteiger partial charge in [0.25, 0.3) is 0 Å². The van der Waals surface area contributed by atoms with E-state index in [1.807, 2.05) is 6.92 Å². The van der Waals surface area contributed by atoms with E-state index in [1.165, 1.54) is 6.07 Å². The third-order valence-electron chi connectivity index (χ3n) is 1.65. The number of nitrogens with two attached hydrogens (primary N) is 1. The number of rotatable bonds is 1. The lowest BCUT2D eigenvalue weighted by Crippen LogP contribution is -2.09. The maximum atomic E-state index is 13.0. The highest BCUT2D eigenvalue weighted by molar-refractivity contribution is 9.10. The van der Waals surface area contributed by atoms with Gasteiger partial charge in [-0.15, -0.1) is 0 Å². The number of aromatic nitrogens is 1. The van der Waals surface area contributed by atoms with Crippen molar-refractivity contribution < 1.29 is 4.39 Å². The molecule has 0 aliphatic heterocycles. The molecule has 12 heavy (non-hydrogen) atoms. The van der Waals surface area contributed by atoms with E-state index in [0.717, 1.165) is 11.3 Å². The van der Waals surface area contributed by atoms with Crippen molar-refractivity contribution >= 4 is 15.9 Å². The molecule has 66 valence electrons. The van der Waals surface area contributed by atoms with Gasteiger partial charge in [0, 0.05) is 11.7 Å². The van der Waals surface area contributed by atoms with Crippen molar-refractivity contribution in [3.05, 3.63) is 27.7 Å². The van der Waals surface area contributed by atoms with Crippen LogP contribution in [0.15, 0.2) is 10.7 Å². The van der Waals surface area contributed by atoms with E-state index in [0.29, 0.717) is 0 Å². The first-order valence-corrected chi connectivity index (χ1v) is 4.39. The van der Waals surface area contributed by atoms with Gasteiger partial charge in [-0.2, -0.15) is 0 Å². The summed E-state index contributed by atoms with van der Waals surface area (Å²) >= 11 is 3.00. The summed E-state index contributed by atoms with van der Waals surface area (Å²) in [5.74, 6) is -0.368. The minimum absolute atomic E-state index is 0.180. The lowest BCUT2D eigenvalue weighted by Gasteiger charge is -2.09. The summed E-state index contributed by atoms with van der Waals surface area (Å²) in [6.45, 7) is 3.61. The van der Waals surface area contributed by atoms with Crippen molar-refractivity contribution in [1.82, 2.24) is 4.98 Å². The maximum Gasteiger partial charge on any atom is 0.156 e. The van der Waals surface area contributed by atoms with Crippen molar-refractivity contribution in [1.29, 1.82) is 0 Å². The first-order valence-electron chi connectivity index (χ1n) is 3.60. The molecule has 4 heteroatoms. The summed E-state index contributed by atoms with van der Waals surface area (Å²) in [4.78, 5) is 3.96. The Morgan fingerprint density at radius 2 is 2.25 bits per heavy atom. The van der Waals surface area contributed by atoms with Crippen molar-refractivity contribution in [2.24, 2.45) is 5.73 Å². The summed E-state index contributed by atoms with van der Waals surface area (Å²) in [5, 5.41) is 0. The van der Waals surface area contributed by atoms with Gasteiger partial charge >= 0.3 is 0 Å². The SMILES string of the molecule is Cc1nc(Br)c(F)cc1[C@H](C)N. The molecule has 0 aromatic carbocycles. The molecule has 1 rings (SSSR count). The van der Waals surface area contributed by atoms with Crippen molar-refractivity contribution in [2.75, 3.05) is 0 Å². The van der Waals surface area contributed by atoms with Gasteiger partial charge in [0.15, 0.2) is 5.82 Å². The van der Waals surface area contributed by atoms with Gasteiger partial charge in [-0.3, -0.25) is 0 Å². The molecule has 1 aromatic rings. The number of aryl methyl sites for hydroxylation is 1. The maximum absolute atomic E-state index is 13.0. The van der Waals surface area contributed by atoms with Crippen LogP contribution in [0.3, 0.4) is 0 Å². The summed E-state index contributed by atoms with van der Waals surface area (Å²) in [6, 6.07) is 1.23. The van der Waals surface area contributed by atoms with E-state index in [9.17, 15) is 4.39 Å². The van der Waals surface area contributed by atoms with E-state index in [1.54, 1.807) is 6.92 Å². The van der Waals surface area contributed by atoms with Crippen molar-refractivity contribution in [3.8, 4) is 0 Å². The molecule has 1 aromatic heterocycles. The van der Waals surface area contributed by atoms with Crippen LogP contribution in [0.4, 0.5) is 4.39 Å². The molecule has 1 heterocycles. The zero-order chi connectivity index (χ0) is 9.30. The standard InChI is InChI=1S/C8H10BrFN2/c1-4(11)6-3-7(10)8(9)12-5(6)2/h3-4H,11H2,1-2H3/t4-/m0/s1. The lowest BCUT2D eigenvalue weighted by atomic mass is 10.1. The molecule has 0 bridgehead atoms. The fraction of sp³-hybridized carbons (Fsp3) is 0.375. The molecular formula is C8H10BrFN2. The average Bonchev–Trinajstić information content (AvgIpc) is 1.96. The molecule has 2 N–H and O–H groups in total. The fourth-order valence-electron chi connectivity index (χ4n) is 1.03. The van der Waals surface area contributed by atoms with Gasteiger partial charge in [-0.1, -0.05) is 0 Å².